The van der Waals surface area contributed by atoms with Crippen LogP contribution >= 0.6 is 23.7 Å². The van der Waals surface area contributed by atoms with Crippen molar-refractivity contribution in [3.63, 3.8) is 0 Å². The van der Waals surface area contributed by atoms with E-state index in [2.05, 4.69) is 44.6 Å². The Morgan fingerprint density at radius 1 is 1.17 bits per heavy atom. The predicted octanol–water partition coefficient (Wildman–Crippen LogP) is 3.82. The van der Waals surface area contributed by atoms with Crippen LogP contribution in [-0.2, 0) is 12.2 Å². The Kier molecular flexibility index (Phi) is 5.25. The van der Waals surface area contributed by atoms with Gasteiger partial charge in [-0.2, -0.15) is 0 Å². The molecule has 2 aliphatic heterocycles. The zero-order valence-electron chi connectivity index (χ0n) is 13.6. The molecule has 0 atom stereocenters. The maximum atomic E-state index is 6.20. The molecule has 0 saturated carbocycles. The van der Waals surface area contributed by atoms with Crippen LogP contribution in [0, 0.1) is 0 Å². The second-order valence-electron chi connectivity index (χ2n) is 6.06. The number of hydrogen-bond acceptors (Lipinski definition) is 6. The van der Waals surface area contributed by atoms with Crippen molar-refractivity contribution in [1.29, 1.82) is 0 Å². The molecule has 4 nitrogen and oxygen atoms in total. The molecule has 4 rings (SSSR count). The average molecular weight is 360 g/mol. The van der Waals surface area contributed by atoms with Crippen LogP contribution in [0.1, 0.15) is 24.1 Å². The third-order valence-corrected chi connectivity index (χ3v) is 6.67. The highest BCUT2D eigenvalue weighted by Gasteiger charge is 2.25. The highest BCUT2D eigenvalue weighted by molar-refractivity contribution is 7.99. The summed E-state index contributed by atoms with van der Waals surface area (Å²) in [6, 6.07) is 10.7. The minimum atomic E-state index is 0.277. The summed E-state index contributed by atoms with van der Waals surface area (Å²) < 4.78 is 8.67. The average Bonchev–Trinajstić information content (AvgIpc) is 3.12. The molecule has 0 spiro atoms. The zero-order valence-corrected chi connectivity index (χ0v) is 15.2. The molecule has 0 N–H and O–H groups in total. The van der Waals surface area contributed by atoms with Crippen LogP contribution in [0.4, 0.5) is 0 Å². The molecule has 3 heterocycles. The van der Waals surface area contributed by atoms with E-state index in [9.17, 15) is 0 Å². The second kappa shape index (κ2) is 7.76. The van der Waals surface area contributed by atoms with Gasteiger partial charge in [0.2, 0.25) is 5.88 Å². The summed E-state index contributed by atoms with van der Waals surface area (Å²) >= 11 is 3.75. The lowest BCUT2D eigenvalue weighted by Crippen LogP contribution is -2.34. The van der Waals surface area contributed by atoms with Crippen LogP contribution in [0.5, 0.6) is 5.88 Å². The number of fused-ring (bicyclic) bond motifs is 1. The molecule has 6 heteroatoms. The minimum absolute atomic E-state index is 0.277. The van der Waals surface area contributed by atoms with Gasteiger partial charge in [-0.1, -0.05) is 42.3 Å². The summed E-state index contributed by atoms with van der Waals surface area (Å²) in [5, 5.41) is 0. The number of aromatic nitrogens is 2. The van der Waals surface area contributed by atoms with E-state index in [1.54, 1.807) is 6.33 Å². The maximum Gasteiger partial charge on any atom is 0.231 e. The first kappa shape index (κ1) is 16.2. The van der Waals surface area contributed by atoms with Crippen molar-refractivity contribution >= 4 is 23.7 Å². The largest absolute Gasteiger partial charge is 0.473 e. The van der Waals surface area contributed by atoms with Gasteiger partial charge in [-0.15, -0.1) is 11.8 Å². The number of benzene rings is 1. The summed E-state index contributed by atoms with van der Waals surface area (Å²) in [6.45, 7) is 2.14. The molecule has 0 aliphatic carbocycles. The molecule has 1 aromatic heterocycles. The zero-order chi connectivity index (χ0) is 16.2. The molecule has 2 aromatic rings. The third kappa shape index (κ3) is 3.87. The van der Waals surface area contributed by atoms with Gasteiger partial charge in [0.25, 0.3) is 0 Å². The van der Waals surface area contributed by atoms with Crippen LogP contribution in [0.2, 0.25) is 0 Å². The highest BCUT2D eigenvalue weighted by atomic mass is 32.2. The predicted molar refractivity (Wildman–Crippen MR) is 99.4 cm³/mol. The Balaban J connectivity index is 1.27. The van der Waals surface area contributed by atoms with E-state index in [4.69, 9.17) is 4.74 Å². The van der Waals surface area contributed by atoms with Crippen LogP contribution < -0.4 is 4.74 Å². The van der Waals surface area contributed by atoms with E-state index in [1.807, 2.05) is 23.7 Å². The van der Waals surface area contributed by atoms with E-state index >= 15 is 0 Å². The molecule has 0 amide bonds. The number of rotatable bonds is 5. The Morgan fingerprint density at radius 3 is 2.83 bits per heavy atom. The van der Waals surface area contributed by atoms with E-state index < -0.39 is 0 Å². The van der Waals surface area contributed by atoms with Gasteiger partial charge in [0, 0.05) is 31.0 Å². The van der Waals surface area contributed by atoms with Crippen molar-refractivity contribution in [3.05, 3.63) is 47.9 Å². The highest BCUT2D eigenvalue weighted by Crippen LogP contribution is 2.37. The number of piperidine rings is 1. The van der Waals surface area contributed by atoms with Gasteiger partial charge < -0.3 is 4.74 Å². The molecule has 0 radical (unpaired) electrons. The van der Waals surface area contributed by atoms with E-state index in [0.717, 1.165) is 55.4 Å². The summed E-state index contributed by atoms with van der Waals surface area (Å²) in [5.41, 5.74) is 2.54. The van der Waals surface area contributed by atoms with E-state index in [-0.39, 0.29) is 6.10 Å². The summed E-state index contributed by atoms with van der Waals surface area (Å²) in [6.07, 6.45) is 5.08. The standard InChI is InChI=1S/C18H21N3OS2/c1-2-4-14(5-3-1)12-24-21-9-6-15(7-10-21)22-18-17-16(8-11-23-17)19-13-20-18/h1-5,13,15H,6-12H2. The molecule has 0 bridgehead atoms. The van der Waals surface area contributed by atoms with Crippen molar-refractivity contribution in [2.75, 3.05) is 18.8 Å². The van der Waals surface area contributed by atoms with Crippen molar-refractivity contribution in [2.45, 2.75) is 36.0 Å². The van der Waals surface area contributed by atoms with Crippen LogP contribution in [0.3, 0.4) is 0 Å². The maximum absolute atomic E-state index is 6.20. The number of hydrogen-bond donors (Lipinski definition) is 0. The summed E-state index contributed by atoms with van der Waals surface area (Å²) in [4.78, 5) is 9.89. The van der Waals surface area contributed by atoms with Gasteiger partial charge in [0.05, 0.1) is 10.6 Å². The van der Waals surface area contributed by atoms with E-state index in [1.165, 1.54) is 10.5 Å². The van der Waals surface area contributed by atoms with Gasteiger partial charge in [0.15, 0.2) is 0 Å². The van der Waals surface area contributed by atoms with E-state index in [0.29, 0.717) is 0 Å². The molecular weight excluding hydrogens is 338 g/mol. The first-order valence-corrected chi connectivity index (χ1v) is 10.4. The summed E-state index contributed by atoms with van der Waals surface area (Å²) in [5.74, 6) is 2.94. The first-order valence-electron chi connectivity index (χ1n) is 8.43. The van der Waals surface area contributed by atoms with Crippen LogP contribution in [-0.4, -0.2) is 39.2 Å². The Labute approximate surface area is 151 Å². The molecular formula is C18H21N3OS2. The van der Waals surface area contributed by atoms with Gasteiger partial charge in [0.1, 0.15) is 12.4 Å². The van der Waals surface area contributed by atoms with Gasteiger partial charge in [-0.3, -0.25) is 4.31 Å². The fourth-order valence-corrected chi connectivity index (χ4v) is 5.06. The second-order valence-corrected chi connectivity index (χ2v) is 8.23. The Morgan fingerprint density at radius 2 is 2.00 bits per heavy atom. The molecule has 126 valence electrons. The van der Waals surface area contributed by atoms with Crippen molar-refractivity contribution in [1.82, 2.24) is 14.3 Å². The monoisotopic (exact) mass is 359 g/mol. The molecule has 2 aliphatic rings. The number of aryl methyl sites for hydroxylation is 1. The fraction of sp³-hybridized carbons (Fsp3) is 0.444. The molecule has 1 aromatic carbocycles. The quantitative estimate of drug-likeness (QED) is 0.756. The topological polar surface area (TPSA) is 38.2 Å². The lowest BCUT2D eigenvalue weighted by molar-refractivity contribution is 0.129. The van der Waals surface area contributed by atoms with Crippen LogP contribution in [0.25, 0.3) is 0 Å². The SMILES string of the molecule is c1ccc(CSN2CCC(Oc3ncnc4c3SCC4)CC2)cc1. The van der Waals surface area contributed by atoms with Crippen molar-refractivity contribution in [2.24, 2.45) is 0 Å². The number of thioether (sulfide) groups is 1. The molecule has 24 heavy (non-hydrogen) atoms. The van der Waals surface area contributed by atoms with Gasteiger partial charge in [-0.05, 0) is 18.4 Å². The van der Waals surface area contributed by atoms with Gasteiger partial charge in [-0.25, -0.2) is 9.97 Å². The number of ether oxygens (including phenoxy) is 1. The summed E-state index contributed by atoms with van der Waals surface area (Å²) in [7, 11) is 0. The molecule has 1 fully saturated rings. The lowest BCUT2D eigenvalue weighted by atomic mass is 10.1. The first-order chi connectivity index (χ1) is 11.9. The smallest absolute Gasteiger partial charge is 0.231 e. The number of nitrogens with zero attached hydrogens (tertiary/aromatic N) is 3. The normalized spacial score (nSPS) is 18.5. The third-order valence-electron chi connectivity index (χ3n) is 4.37. The Hall–Kier alpha value is -1.24. The molecule has 0 unspecified atom stereocenters. The minimum Gasteiger partial charge on any atom is -0.473 e. The van der Waals surface area contributed by atoms with Crippen molar-refractivity contribution < 1.29 is 4.74 Å². The lowest BCUT2D eigenvalue weighted by Gasteiger charge is -2.31. The van der Waals surface area contributed by atoms with Crippen molar-refractivity contribution in [3.8, 4) is 5.88 Å². The van der Waals surface area contributed by atoms with Crippen LogP contribution in [0.15, 0.2) is 41.6 Å². The fourth-order valence-electron chi connectivity index (χ4n) is 3.03. The molecule has 1 saturated heterocycles. The van der Waals surface area contributed by atoms with Gasteiger partial charge >= 0.3 is 0 Å². The Bertz CT molecular complexity index is 675.